The lowest BCUT2D eigenvalue weighted by Crippen LogP contribution is -2.31. The Labute approximate surface area is 121 Å². The Bertz CT molecular complexity index is 702. The zero-order valence-electron chi connectivity index (χ0n) is 12.4. The molecule has 0 spiro atoms. The van der Waals surface area contributed by atoms with Gasteiger partial charge in [-0.25, -0.2) is 0 Å². The van der Waals surface area contributed by atoms with E-state index in [4.69, 9.17) is 0 Å². The van der Waals surface area contributed by atoms with Gasteiger partial charge in [0.15, 0.2) is 0 Å². The van der Waals surface area contributed by atoms with E-state index in [1.54, 1.807) is 0 Å². The molecule has 0 unspecified atom stereocenters. The molecule has 3 aromatic carbocycles. The van der Waals surface area contributed by atoms with Gasteiger partial charge in [0.05, 0.1) is 8.07 Å². The van der Waals surface area contributed by atoms with Crippen molar-refractivity contribution >= 4 is 35.3 Å². The Hall–Kier alpha value is -1.80. The van der Waals surface area contributed by atoms with E-state index in [9.17, 15) is 0 Å². The highest BCUT2D eigenvalue weighted by atomic mass is 28.3. The van der Waals surface area contributed by atoms with Crippen molar-refractivity contribution in [1.82, 2.24) is 0 Å². The van der Waals surface area contributed by atoms with Crippen LogP contribution in [0.1, 0.15) is 0 Å². The number of anilines is 1. The lowest BCUT2D eigenvalue weighted by atomic mass is 10.0. The smallest absolute Gasteiger partial charge is 0.0662 e. The summed E-state index contributed by atoms with van der Waals surface area (Å²) in [6.07, 6.45) is 1.10. The molecular formula is C18H21NSi. The van der Waals surface area contributed by atoms with Crippen molar-refractivity contribution in [2.45, 2.75) is 19.6 Å². The van der Waals surface area contributed by atoms with Crippen LogP contribution >= 0.6 is 0 Å². The highest BCUT2D eigenvalue weighted by Crippen LogP contribution is 2.32. The van der Waals surface area contributed by atoms with Gasteiger partial charge in [-0.15, -0.1) is 0 Å². The molecule has 0 bridgehead atoms. The molecule has 0 aromatic heterocycles. The fraction of sp³-hybridized carbons (Fsp3) is 0.222. The molecule has 0 heterocycles. The summed E-state index contributed by atoms with van der Waals surface area (Å²) in [6, 6.07) is 19.6. The van der Waals surface area contributed by atoms with Gasteiger partial charge in [-0.05, 0) is 16.8 Å². The minimum absolute atomic E-state index is 1.10. The van der Waals surface area contributed by atoms with Gasteiger partial charge >= 0.3 is 0 Å². The molecule has 0 fully saturated rings. The number of nitrogens with one attached hydrogen (secondary N) is 1. The van der Waals surface area contributed by atoms with Crippen molar-refractivity contribution in [3.63, 3.8) is 0 Å². The summed E-state index contributed by atoms with van der Waals surface area (Å²) in [5, 5.41) is 9.00. The molecule has 0 aliphatic rings. The highest BCUT2D eigenvalue weighted by molar-refractivity contribution is 6.76. The summed E-state index contributed by atoms with van der Waals surface area (Å²) in [5.41, 5.74) is 1.29. The Morgan fingerprint density at radius 2 is 1.30 bits per heavy atom. The van der Waals surface area contributed by atoms with Crippen LogP contribution in [0, 0.1) is 0 Å². The van der Waals surface area contributed by atoms with Crippen LogP contribution in [0.3, 0.4) is 0 Å². The maximum Gasteiger partial charge on any atom is 0.0662 e. The Morgan fingerprint density at radius 3 is 1.80 bits per heavy atom. The second kappa shape index (κ2) is 4.95. The van der Waals surface area contributed by atoms with Gasteiger partial charge in [0.2, 0.25) is 0 Å². The van der Waals surface area contributed by atoms with Gasteiger partial charge in [-0.2, -0.15) is 0 Å². The van der Waals surface area contributed by atoms with E-state index in [2.05, 4.69) is 79.6 Å². The predicted octanol–water partition coefficient (Wildman–Crippen LogP) is 5.28. The van der Waals surface area contributed by atoms with Gasteiger partial charge < -0.3 is 5.32 Å². The van der Waals surface area contributed by atoms with Crippen molar-refractivity contribution in [3.05, 3.63) is 54.6 Å². The topological polar surface area (TPSA) is 12.0 Å². The first-order valence-electron chi connectivity index (χ1n) is 7.19. The molecule has 0 amide bonds. The molecule has 0 saturated heterocycles. The van der Waals surface area contributed by atoms with E-state index in [1.165, 1.54) is 27.2 Å². The summed E-state index contributed by atoms with van der Waals surface area (Å²) in [6.45, 7) is 7.19. The normalized spacial score (nSPS) is 11.9. The molecule has 3 aromatic rings. The standard InChI is InChI=1S/C18H21NSi/c1-20(2,3)13-19-18-16-10-6-4-8-14(16)12-15-9-5-7-11-17(15)18/h4-12,19H,13H2,1-3H3. The first kappa shape index (κ1) is 13.2. The Morgan fingerprint density at radius 1 is 0.800 bits per heavy atom. The van der Waals surface area contributed by atoms with Crippen LogP contribution in [0.2, 0.25) is 19.6 Å². The Balaban J connectivity index is 2.22. The van der Waals surface area contributed by atoms with E-state index in [1.807, 2.05) is 0 Å². The number of fused-ring (bicyclic) bond motifs is 2. The van der Waals surface area contributed by atoms with Crippen LogP contribution in [0.4, 0.5) is 5.69 Å². The summed E-state index contributed by atoms with van der Waals surface area (Å²) in [4.78, 5) is 0. The fourth-order valence-corrected chi connectivity index (χ4v) is 3.26. The van der Waals surface area contributed by atoms with Crippen LogP contribution in [0.15, 0.2) is 54.6 Å². The molecule has 1 nitrogen and oxygen atoms in total. The molecule has 0 aliphatic carbocycles. The van der Waals surface area contributed by atoms with Crippen molar-refractivity contribution < 1.29 is 0 Å². The van der Waals surface area contributed by atoms with Crippen LogP contribution in [-0.2, 0) is 0 Å². The molecule has 0 aliphatic heterocycles. The average molecular weight is 279 g/mol. The molecule has 1 N–H and O–H groups in total. The number of benzene rings is 3. The molecule has 3 rings (SSSR count). The minimum atomic E-state index is -1.13. The third-order valence-corrected chi connectivity index (χ3v) is 4.80. The third kappa shape index (κ3) is 2.56. The minimum Gasteiger partial charge on any atom is -0.387 e. The Kier molecular flexibility index (Phi) is 3.26. The molecular weight excluding hydrogens is 258 g/mol. The largest absolute Gasteiger partial charge is 0.387 e. The molecule has 0 radical (unpaired) electrons. The molecule has 20 heavy (non-hydrogen) atoms. The zero-order chi connectivity index (χ0) is 14.2. The van der Waals surface area contributed by atoms with Crippen LogP contribution in [0.25, 0.3) is 21.5 Å². The monoisotopic (exact) mass is 279 g/mol. The van der Waals surface area contributed by atoms with Gasteiger partial charge in [-0.3, -0.25) is 0 Å². The molecule has 0 saturated carbocycles. The van der Waals surface area contributed by atoms with Gasteiger partial charge in [0.1, 0.15) is 0 Å². The van der Waals surface area contributed by atoms with Crippen molar-refractivity contribution in [2.24, 2.45) is 0 Å². The maximum atomic E-state index is 3.73. The highest BCUT2D eigenvalue weighted by Gasteiger charge is 2.14. The summed E-state index contributed by atoms with van der Waals surface area (Å²) in [5.74, 6) is 0. The third-order valence-electron chi connectivity index (χ3n) is 3.57. The summed E-state index contributed by atoms with van der Waals surface area (Å²) >= 11 is 0. The maximum absolute atomic E-state index is 3.73. The number of rotatable bonds is 3. The lowest BCUT2D eigenvalue weighted by molar-refractivity contribution is 1.39. The summed E-state index contributed by atoms with van der Waals surface area (Å²) < 4.78 is 0. The SMILES string of the molecule is C[Si](C)(C)CNc1c2ccccc2cc2ccccc12. The van der Waals surface area contributed by atoms with Crippen LogP contribution < -0.4 is 5.32 Å². The second-order valence-corrected chi connectivity index (χ2v) is 12.1. The van der Waals surface area contributed by atoms with Crippen LogP contribution in [0.5, 0.6) is 0 Å². The molecule has 0 atom stereocenters. The van der Waals surface area contributed by atoms with E-state index in [-0.39, 0.29) is 0 Å². The predicted molar refractivity (Wildman–Crippen MR) is 93.3 cm³/mol. The van der Waals surface area contributed by atoms with E-state index in [0.29, 0.717) is 0 Å². The fourth-order valence-electron chi connectivity index (χ4n) is 2.56. The lowest BCUT2D eigenvalue weighted by Gasteiger charge is -2.20. The summed E-state index contributed by atoms with van der Waals surface area (Å²) in [7, 11) is -1.13. The van der Waals surface area contributed by atoms with Gasteiger partial charge in [-0.1, -0.05) is 68.2 Å². The van der Waals surface area contributed by atoms with Crippen LogP contribution in [-0.4, -0.2) is 14.2 Å². The second-order valence-electron chi connectivity index (χ2n) is 6.61. The van der Waals surface area contributed by atoms with Crippen molar-refractivity contribution in [2.75, 3.05) is 11.5 Å². The average Bonchev–Trinajstić information content (AvgIpc) is 2.42. The quantitative estimate of drug-likeness (QED) is 0.508. The number of hydrogen-bond donors (Lipinski definition) is 1. The van der Waals surface area contributed by atoms with Gasteiger partial charge in [0.25, 0.3) is 0 Å². The first-order chi connectivity index (χ1) is 9.54. The van der Waals surface area contributed by atoms with Gasteiger partial charge in [0, 0.05) is 22.6 Å². The number of hydrogen-bond acceptors (Lipinski definition) is 1. The molecule has 2 heteroatoms. The van der Waals surface area contributed by atoms with E-state index >= 15 is 0 Å². The van der Waals surface area contributed by atoms with Crippen molar-refractivity contribution in [1.29, 1.82) is 0 Å². The van der Waals surface area contributed by atoms with E-state index in [0.717, 1.165) is 6.17 Å². The molecule has 102 valence electrons. The zero-order valence-corrected chi connectivity index (χ0v) is 13.4. The first-order valence-corrected chi connectivity index (χ1v) is 10.9. The van der Waals surface area contributed by atoms with E-state index < -0.39 is 8.07 Å². The van der Waals surface area contributed by atoms with Crippen molar-refractivity contribution in [3.8, 4) is 0 Å².